The molecule has 0 N–H and O–H groups in total. The van der Waals surface area contributed by atoms with Gasteiger partial charge in [0.2, 0.25) is 0 Å². The van der Waals surface area contributed by atoms with Crippen molar-refractivity contribution in [1.29, 1.82) is 0 Å². The van der Waals surface area contributed by atoms with Crippen molar-refractivity contribution in [2.75, 3.05) is 7.11 Å². The number of halogens is 2. The van der Waals surface area contributed by atoms with Crippen LogP contribution >= 0.6 is 0 Å². The molecule has 0 aliphatic rings. The number of hydrogen-bond donors (Lipinski definition) is 0. The molecule has 5 heteroatoms. The van der Waals surface area contributed by atoms with Gasteiger partial charge >= 0.3 is 11.9 Å². The topological polar surface area (TPSA) is 43.4 Å². The maximum Gasteiger partial charge on any atom is 0.333 e. The fourth-order valence-electron chi connectivity index (χ4n) is 0.609. The van der Waals surface area contributed by atoms with Gasteiger partial charge in [0.15, 0.2) is 5.78 Å². The zero-order valence-corrected chi connectivity index (χ0v) is 7.39. The Labute approximate surface area is 74.4 Å². The number of Topliss-reactive ketones (excluding diaryl/α,β-unsaturated/α-hetero) is 1. The van der Waals surface area contributed by atoms with E-state index in [0.717, 1.165) is 14.0 Å². The van der Waals surface area contributed by atoms with E-state index in [1.54, 1.807) is 0 Å². The third-order valence-corrected chi connectivity index (χ3v) is 1.42. The van der Waals surface area contributed by atoms with Gasteiger partial charge in [0.25, 0.3) is 0 Å². The Kier molecular flexibility index (Phi) is 3.71. The molecule has 0 radical (unpaired) electrons. The first-order valence-corrected chi connectivity index (χ1v) is 3.46. The van der Waals surface area contributed by atoms with Crippen molar-refractivity contribution < 1.29 is 23.1 Å². The highest BCUT2D eigenvalue weighted by Gasteiger charge is 2.37. The molecule has 3 nitrogen and oxygen atoms in total. The summed E-state index contributed by atoms with van der Waals surface area (Å²) in [6.45, 7) is 3.84. The molecule has 0 heterocycles. The van der Waals surface area contributed by atoms with Crippen LogP contribution in [0.5, 0.6) is 0 Å². The number of carbonyl (C=O) groups excluding carboxylic acids is 2. The molecule has 0 saturated heterocycles. The Bertz CT molecular complexity index is 246. The summed E-state index contributed by atoms with van der Waals surface area (Å²) in [5, 5.41) is 0. The Morgan fingerprint density at radius 3 is 2.23 bits per heavy atom. The summed E-state index contributed by atoms with van der Waals surface area (Å²) in [5.41, 5.74) is -0.414. The number of esters is 1. The molecule has 0 aromatic carbocycles. The molecule has 0 rings (SSSR count). The normalized spacial score (nSPS) is 10.8. The minimum atomic E-state index is -3.54. The van der Waals surface area contributed by atoms with Crippen molar-refractivity contribution in [3.8, 4) is 0 Å². The average Bonchev–Trinajstić information content (AvgIpc) is 2.01. The Balaban J connectivity index is 4.37. The molecule has 0 unspecified atom stereocenters. The minimum Gasteiger partial charge on any atom is -0.466 e. The van der Waals surface area contributed by atoms with Crippen LogP contribution in [0, 0.1) is 0 Å². The van der Waals surface area contributed by atoms with E-state index >= 15 is 0 Å². The molecule has 0 spiro atoms. The maximum atomic E-state index is 12.7. The summed E-state index contributed by atoms with van der Waals surface area (Å²) in [5.74, 6) is -5.76. The third-order valence-electron chi connectivity index (χ3n) is 1.42. The van der Waals surface area contributed by atoms with E-state index in [1.807, 2.05) is 0 Å². The van der Waals surface area contributed by atoms with E-state index < -0.39 is 29.7 Å². The standard InChI is InChI=1S/C8H10F2O3/c1-5(7(12)13-3)4-8(9,10)6(2)11/h1,4H2,2-3H3. The molecule has 0 aromatic heterocycles. The highest BCUT2D eigenvalue weighted by Crippen LogP contribution is 2.23. The number of methoxy groups -OCH3 is 1. The van der Waals surface area contributed by atoms with E-state index in [2.05, 4.69) is 11.3 Å². The smallest absolute Gasteiger partial charge is 0.333 e. The Morgan fingerprint density at radius 1 is 1.46 bits per heavy atom. The fourth-order valence-corrected chi connectivity index (χ4v) is 0.609. The number of ether oxygens (including phenoxy) is 1. The number of carbonyl (C=O) groups is 2. The molecule has 0 bridgehead atoms. The molecular formula is C8H10F2O3. The van der Waals surface area contributed by atoms with Crippen molar-refractivity contribution in [2.24, 2.45) is 0 Å². The van der Waals surface area contributed by atoms with Crippen LogP contribution in [0.25, 0.3) is 0 Å². The second-order valence-corrected chi connectivity index (χ2v) is 2.53. The van der Waals surface area contributed by atoms with Crippen molar-refractivity contribution in [3.05, 3.63) is 12.2 Å². The van der Waals surface area contributed by atoms with Gasteiger partial charge in [-0.2, -0.15) is 8.78 Å². The van der Waals surface area contributed by atoms with Crippen LogP contribution < -0.4 is 0 Å². The largest absolute Gasteiger partial charge is 0.466 e. The summed E-state index contributed by atoms with van der Waals surface area (Å²) >= 11 is 0. The van der Waals surface area contributed by atoms with E-state index in [-0.39, 0.29) is 0 Å². The first-order chi connectivity index (χ1) is 5.81. The first kappa shape index (κ1) is 11.7. The molecule has 0 aliphatic carbocycles. The van der Waals surface area contributed by atoms with Gasteiger partial charge in [-0.05, 0) is 0 Å². The number of rotatable bonds is 4. The molecular weight excluding hydrogens is 182 g/mol. The van der Waals surface area contributed by atoms with E-state index in [4.69, 9.17) is 0 Å². The maximum absolute atomic E-state index is 12.7. The molecule has 0 saturated carbocycles. The third kappa shape index (κ3) is 3.31. The number of hydrogen-bond acceptors (Lipinski definition) is 3. The molecule has 0 aliphatic heterocycles. The van der Waals surface area contributed by atoms with Crippen LogP contribution in [0.2, 0.25) is 0 Å². The Morgan fingerprint density at radius 2 is 1.92 bits per heavy atom. The lowest BCUT2D eigenvalue weighted by atomic mass is 10.1. The van der Waals surface area contributed by atoms with Gasteiger partial charge in [-0.25, -0.2) is 4.79 Å². The van der Waals surface area contributed by atoms with Gasteiger partial charge in [-0.3, -0.25) is 4.79 Å². The van der Waals surface area contributed by atoms with Crippen molar-refractivity contribution in [2.45, 2.75) is 19.3 Å². The quantitative estimate of drug-likeness (QED) is 0.498. The van der Waals surface area contributed by atoms with Crippen molar-refractivity contribution >= 4 is 11.8 Å². The van der Waals surface area contributed by atoms with E-state index in [1.165, 1.54) is 0 Å². The van der Waals surface area contributed by atoms with Crippen LogP contribution in [0.15, 0.2) is 12.2 Å². The van der Waals surface area contributed by atoms with Crippen LogP contribution in [0.4, 0.5) is 8.78 Å². The van der Waals surface area contributed by atoms with Gasteiger partial charge in [0.05, 0.1) is 13.5 Å². The lowest BCUT2D eigenvalue weighted by Gasteiger charge is -2.12. The lowest BCUT2D eigenvalue weighted by Crippen LogP contribution is -2.28. The summed E-state index contributed by atoms with van der Waals surface area (Å²) in [6.07, 6.45) is -0.991. The van der Waals surface area contributed by atoms with Crippen LogP contribution in [-0.4, -0.2) is 24.8 Å². The lowest BCUT2D eigenvalue weighted by molar-refractivity contribution is -0.143. The van der Waals surface area contributed by atoms with Crippen LogP contribution in [-0.2, 0) is 14.3 Å². The predicted octanol–water partition coefficient (Wildman–Crippen LogP) is 1.33. The second kappa shape index (κ2) is 4.11. The second-order valence-electron chi connectivity index (χ2n) is 2.53. The average molecular weight is 192 g/mol. The van der Waals surface area contributed by atoms with Gasteiger partial charge in [0, 0.05) is 12.5 Å². The number of ketones is 1. The van der Waals surface area contributed by atoms with E-state index in [0.29, 0.717) is 0 Å². The monoisotopic (exact) mass is 192 g/mol. The zero-order chi connectivity index (χ0) is 10.6. The van der Waals surface area contributed by atoms with Crippen LogP contribution in [0.1, 0.15) is 13.3 Å². The summed E-state index contributed by atoms with van der Waals surface area (Å²) in [7, 11) is 1.05. The molecule has 0 atom stereocenters. The van der Waals surface area contributed by atoms with E-state index in [9.17, 15) is 18.4 Å². The zero-order valence-electron chi connectivity index (χ0n) is 7.39. The van der Waals surface area contributed by atoms with Crippen molar-refractivity contribution in [1.82, 2.24) is 0 Å². The fraction of sp³-hybridized carbons (Fsp3) is 0.500. The highest BCUT2D eigenvalue weighted by atomic mass is 19.3. The SMILES string of the molecule is C=C(CC(F)(F)C(C)=O)C(=O)OC. The first-order valence-electron chi connectivity index (χ1n) is 3.46. The minimum absolute atomic E-state index is 0.414. The molecule has 13 heavy (non-hydrogen) atoms. The molecule has 0 aromatic rings. The molecule has 74 valence electrons. The molecule has 0 amide bonds. The predicted molar refractivity (Wildman–Crippen MR) is 41.4 cm³/mol. The summed E-state index contributed by atoms with van der Waals surface area (Å²) in [6, 6.07) is 0. The highest BCUT2D eigenvalue weighted by molar-refractivity contribution is 5.90. The summed E-state index contributed by atoms with van der Waals surface area (Å²) < 4.78 is 29.5. The van der Waals surface area contributed by atoms with Crippen molar-refractivity contribution in [3.63, 3.8) is 0 Å². The summed E-state index contributed by atoms with van der Waals surface area (Å²) in [4.78, 5) is 21.0. The van der Waals surface area contributed by atoms with Crippen LogP contribution in [0.3, 0.4) is 0 Å². The molecule has 0 fully saturated rings. The number of alkyl halides is 2. The van der Waals surface area contributed by atoms with Gasteiger partial charge < -0.3 is 4.74 Å². The van der Waals surface area contributed by atoms with Gasteiger partial charge in [-0.1, -0.05) is 6.58 Å². The van der Waals surface area contributed by atoms with Gasteiger partial charge in [-0.15, -0.1) is 0 Å². The van der Waals surface area contributed by atoms with Gasteiger partial charge in [0.1, 0.15) is 0 Å². The Hall–Kier alpha value is -1.26.